The van der Waals surface area contributed by atoms with Gasteiger partial charge in [0.2, 0.25) is 11.2 Å². The molecule has 2 saturated heterocycles. The number of hydrogen-bond acceptors (Lipinski definition) is 6. The fourth-order valence-electron chi connectivity index (χ4n) is 4.15. The Morgan fingerprint density at radius 1 is 1.03 bits per heavy atom. The quantitative estimate of drug-likeness (QED) is 0.575. The van der Waals surface area contributed by atoms with Crippen LogP contribution in [0.4, 0.5) is 5.69 Å². The van der Waals surface area contributed by atoms with Crippen molar-refractivity contribution in [2.45, 2.75) is 25.1 Å². The van der Waals surface area contributed by atoms with E-state index >= 15 is 0 Å². The summed E-state index contributed by atoms with van der Waals surface area (Å²) in [4.78, 5) is 26.1. The molecule has 0 unspecified atom stereocenters. The molecule has 0 aliphatic carbocycles. The number of rotatable bonds is 4. The molecule has 7 nitrogen and oxygen atoms in total. The summed E-state index contributed by atoms with van der Waals surface area (Å²) in [6, 6.07) is 16.0. The van der Waals surface area contributed by atoms with Gasteiger partial charge in [-0.05, 0) is 66.8 Å². The van der Waals surface area contributed by atoms with E-state index in [2.05, 4.69) is 29.0 Å². The number of carbonyl (C=O) groups is 1. The minimum atomic E-state index is -0.478. The maximum Gasteiger partial charge on any atom is 0.254 e. The molecule has 7 heteroatoms. The molecular formula is C28H22N2O5. The number of morpholine rings is 1. The van der Waals surface area contributed by atoms with Gasteiger partial charge >= 0.3 is 0 Å². The Morgan fingerprint density at radius 3 is 2.34 bits per heavy atom. The summed E-state index contributed by atoms with van der Waals surface area (Å²) in [7, 11) is 0. The van der Waals surface area contributed by atoms with Crippen LogP contribution in [0.2, 0.25) is 0 Å². The van der Waals surface area contributed by atoms with Gasteiger partial charge in [-0.3, -0.25) is 9.59 Å². The van der Waals surface area contributed by atoms with Crippen LogP contribution in [0.5, 0.6) is 5.75 Å². The van der Waals surface area contributed by atoms with E-state index in [4.69, 9.17) is 9.15 Å². The number of hydrogen-bond donors (Lipinski definition) is 2. The summed E-state index contributed by atoms with van der Waals surface area (Å²) < 4.78 is 10.7. The third-order valence-corrected chi connectivity index (χ3v) is 6.03. The molecule has 3 aromatic rings. The Bertz CT molecular complexity index is 1420. The van der Waals surface area contributed by atoms with Gasteiger partial charge < -0.3 is 24.5 Å². The number of nitrogens with one attached hydrogen (secondary N) is 1. The first-order chi connectivity index (χ1) is 17.1. The topological polar surface area (TPSA) is 92.0 Å². The molecule has 1 aromatic heterocycles. The Morgan fingerprint density at radius 2 is 1.71 bits per heavy atom. The van der Waals surface area contributed by atoms with Crippen LogP contribution < -0.4 is 10.7 Å². The molecule has 2 fully saturated rings. The van der Waals surface area contributed by atoms with E-state index in [9.17, 15) is 14.7 Å². The maximum absolute atomic E-state index is 12.7. The highest BCUT2D eigenvalue weighted by Crippen LogP contribution is 2.29. The number of ether oxygens (including phenoxy) is 1. The average Bonchev–Trinajstić information content (AvgIpc) is 3.52. The molecule has 2 N–H and O–H groups in total. The number of anilines is 1. The molecule has 2 aromatic carbocycles. The molecule has 1 amide bonds. The summed E-state index contributed by atoms with van der Waals surface area (Å²) in [5.74, 6) is 11.5. The number of fused-ring (bicyclic) bond motifs is 2. The van der Waals surface area contributed by atoms with Crippen molar-refractivity contribution in [3.8, 4) is 29.4 Å². The van der Waals surface area contributed by atoms with Crippen molar-refractivity contribution >= 4 is 11.6 Å². The molecule has 2 aliphatic rings. The molecule has 0 saturated carbocycles. The van der Waals surface area contributed by atoms with E-state index in [0.29, 0.717) is 18.7 Å². The molecule has 5 rings (SSSR count). The monoisotopic (exact) mass is 466 g/mol. The van der Waals surface area contributed by atoms with Gasteiger partial charge in [-0.1, -0.05) is 11.8 Å². The van der Waals surface area contributed by atoms with E-state index in [1.807, 2.05) is 41.3 Å². The van der Waals surface area contributed by atoms with Crippen molar-refractivity contribution < 1.29 is 19.1 Å². The zero-order chi connectivity index (χ0) is 24.2. The van der Waals surface area contributed by atoms with Gasteiger partial charge in [0.15, 0.2) is 5.76 Å². The minimum absolute atomic E-state index is 0.0446. The van der Waals surface area contributed by atoms with Crippen molar-refractivity contribution in [1.29, 1.82) is 0 Å². The fourth-order valence-corrected chi connectivity index (χ4v) is 4.15. The van der Waals surface area contributed by atoms with Crippen molar-refractivity contribution in [3.05, 3.63) is 93.5 Å². The Hall–Kier alpha value is -4.46. The van der Waals surface area contributed by atoms with Gasteiger partial charge in [-0.2, -0.15) is 0 Å². The predicted octanol–water partition coefficient (Wildman–Crippen LogP) is 2.97. The minimum Gasteiger partial charge on any atom is -0.502 e. The molecule has 0 radical (unpaired) electrons. The zero-order valence-electron chi connectivity index (χ0n) is 18.8. The predicted molar refractivity (Wildman–Crippen MR) is 130 cm³/mol. The lowest BCUT2D eigenvalue weighted by atomic mass is 10.1. The third-order valence-electron chi connectivity index (χ3n) is 6.03. The molecule has 2 bridgehead atoms. The van der Waals surface area contributed by atoms with Crippen molar-refractivity contribution in [3.63, 3.8) is 0 Å². The number of carbonyl (C=O) groups excluding carboxylic acids is 1. The maximum atomic E-state index is 12.7. The SMILES string of the molecule is O=C(c1ccc(C#CC#Cc2ccc(NCc3occc(=O)c3O)cc2)cc1)N1C[C@H]2C[C@@H]1CO2. The highest BCUT2D eigenvalue weighted by atomic mass is 16.5. The lowest BCUT2D eigenvalue weighted by Crippen LogP contribution is -2.41. The van der Waals surface area contributed by atoms with E-state index < -0.39 is 11.2 Å². The summed E-state index contributed by atoms with van der Waals surface area (Å²) >= 11 is 0. The second kappa shape index (κ2) is 9.80. The fraction of sp³-hybridized carbons (Fsp3) is 0.214. The van der Waals surface area contributed by atoms with Gasteiger partial charge in [0.05, 0.1) is 31.6 Å². The van der Waals surface area contributed by atoms with Crippen molar-refractivity contribution in [2.24, 2.45) is 0 Å². The smallest absolute Gasteiger partial charge is 0.254 e. The average molecular weight is 466 g/mol. The van der Waals surface area contributed by atoms with Gasteiger partial charge in [0.25, 0.3) is 5.91 Å². The molecule has 2 atom stereocenters. The van der Waals surface area contributed by atoms with Crippen LogP contribution in [0, 0.1) is 23.7 Å². The zero-order valence-corrected chi connectivity index (χ0v) is 18.8. The number of likely N-dealkylation sites (tertiary alicyclic amines) is 1. The van der Waals surface area contributed by atoms with Crippen LogP contribution in [0.15, 0.2) is 70.1 Å². The molecular weight excluding hydrogens is 444 g/mol. The lowest BCUT2D eigenvalue weighted by Gasteiger charge is -2.26. The third kappa shape index (κ3) is 5.06. The molecule has 174 valence electrons. The summed E-state index contributed by atoms with van der Waals surface area (Å²) in [6.45, 7) is 1.48. The van der Waals surface area contributed by atoms with Crippen LogP contribution in [-0.4, -0.2) is 41.2 Å². The summed E-state index contributed by atoms with van der Waals surface area (Å²) in [5, 5.41) is 12.8. The summed E-state index contributed by atoms with van der Waals surface area (Å²) in [6.07, 6.45) is 2.37. The van der Waals surface area contributed by atoms with Crippen molar-refractivity contribution in [1.82, 2.24) is 4.90 Å². The second-order valence-corrected chi connectivity index (χ2v) is 8.37. The van der Waals surface area contributed by atoms with Gasteiger partial charge in [-0.15, -0.1) is 0 Å². The molecule has 0 spiro atoms. The highest BCUT2D eigenvalue weighted by molar-refractivity contribution is 5.94. The van der Waals surface area contributed by atoms with Crippen molar-refractivity contribution in [2.75, 3.05) is 18.5 Å². The van der Waals surface area contributed by atoms with E-state index in [0.717, 1.165) is 23.2 Å². The normalized spacial score (nSPS) is 17.8. The van der Waals surface area contributed by atoms with Gasteiger partial charge in [-0.25, -0.2) is 0 Å². The summed E-state index contributed by atoms with van der Waals surface area (Å²) in [5.41, 5.74) is 2.55. The standard InChI is InChI=1S/C28H22N2O5/c31-25-13-14-34-26(27(25)32)16-29-22-11-7-20(8-12-22)4-2-1-3-19-5-9-21(10-6-19)28(33)30-17-24-15-23(30)18-35-24/h5-14,23-24,29,32H,15-18H2/t23-,24-/m1/s1. The first kappa shape index (κ1) is 22.3. The molecule has 2 aliphatic heterocycles. The number of amides is 1. The number of benzene rings is 2. The van der Waals surface area contributed by atoms with Crippen LogP contribution in [0.3, 0.4) is 0 Å². The van der Waals surface area contributed by atoms with Crippen LogP contribution in [-0.2, 0) is 11.3 Å². The first-order valence-corrected chi connectivity index (χ1v) is 11.2. The lowest BCUT2D eigenvalue weighted by molar-refractivity contribution is 0.0259. The largest absolute Gasteiger partial charge is 0.502 e. The number of nitrogens with zero attached hydrogens (tertiary/aromatic N) is 1. The Kier molecular flexibility index (Phi) is 6.26. The van der Waals surface area contributed by atoms with Crippen LogP contribution >= 0.6 is 0 Å². The van der Waals surface area contributed by atoms with Gasteiger partial charge in [0.1, 0.15) is 0 Å². The second-order valence-electron chi connectivity index (χ2n) is 8.37. The molecule has 35 heavy (non-hydrogen) atoms. The Labute approximate surface area is 202 Å². The first-order valence-electron chi connectivity index (χ1n) is 11.2. The van der Waals surface area contributed by atoms with Crippen LogP contribution in [0.1, 0.15) is 33.7 Å². The molecule has 3 heterocycles. The van der Waals surface area contributed by atoms with E-state index in [1.165, 1.54) is 12.3 Å². The van der Waals surface area contributed by atoms with Gasteiger partial charge in [0, 0.05) is 35.0 Å². The number of aromatic hydroxyl groups is 1. The highest BCUT2D eigenvalue weighted by Gasteiger charge is 2.41. The van der Waals surface area contributed by atoms with Crippen LogP contribution in [0.25, 0.3) is 0 Å². The Balaban J connectivity index is 1.15. The van der Waals surface area contributed by atoms with E-state index in [1.54, 1.807) is 12.1 Å². The van der Waals surface area contributed by atoms with E-state index in [-0.39, 0.29) is 30.4 Å².